The molecule has 0 aromatic rings. The van der Waals surface area contributed by atoms with Crippen molar-refractivity contribution in [1.29, 1.82) is 0 Å². The predicted octanol–water partition coefficient (Wildman–Crippen LogP) is 2.68. The van der Waals surface area contributed by atoms with E-state index < -0.39 is 5.60 Å². The number of nitrogens with one attached hydrogen (secondary N) is 2. The molecule has 0 fully saturated rings. The molecule has 0 aliphatic rings. The molecule has 0 unspecified atom stereocenters. The molecule has 0 radical (unpaired) electrons. The van der Waals surface area contributed by atoms with E-state index in [9.17, 15) is 4.79 Å². The van der Waals surface area contributed by atoms with Gasteiger partial charge in [-0.3, -0.25) is 4.99 Å². The van der Waals surface area contributed by atoms with Crippen molar-refractivity contribution in [1.82, 2.24) is 15.5 Å². The number of likely N-dealkylation sites (N-methyl/N-ethyl adjacent to an activating group) is 1. The van der Waals surface area contributed by atoms with Crippen molar-refractivity contribution >= 4 is 36.0 Å². The quantitative estimate of drug-likeness (QED) is 0.388. The number of nitrogens with zero attached hydrogens (tertiary/aromatic N) is 2. The molecule has 132 valence electrons. The lowest BCUT2D eigenvalue weighted by molar-refractivity contribution is 0.0302. The topological polar surface area (TPSA) is 66.0 Å². The monoisotopic (exact) mass is 428 g/mol. The number of aliphatic imine (C=N–C) groups is 1. The van der Waals surface area contributed by atoms with E-state index in [4.69, 9.17) is 4.74 Å². The van der Waals surface area contributed by atoms with Crippen LogP contribution in [-0.2, 0) is 4.74 Å². The summed E-state index contributed by atoms with van der Waals surface area (Å²) in [7, 11) is 3.47. The van der Waals surface area contributed by atoms with Crippen molar-refractivity contribution in [3.63, 3.8) is 0 Å². The Morgan fingerprint density at radius 2 is 1.77 bits per heavy atom. The van der Waals surface area contributed by atoms with Crippen molar-refractivity contribution in [3.8, 4) is 0 Å². The molecule has 1 amide bonds. The summed E-state index contributed by atoms with van der Waals surface area (Å²) in [4.78, 5) is 17.5. The number of carbonyl (C=O) groups is 1. The van der Waals surface area contributed by atoms with Gasteiger partial charge in [0.1, 0.15) is 5.60 Å². The van der Waals surface area contributed by atoms with Gasteiger partial charge in [-0.1, -0.05) is 13.8 Å². The summed E-state index contributed by atoms with van der Waals surface area (Å²) in [5, 5.41) is 6.43. The van der Waals surface area contributed by atoms with E-state index in [0.29, 0.717) is 19.0 Å². The van der Waals surface area contributed by atoms with Crippen LogP contribution < -0.4 is 10.6 Å². The van der Waals surface area contributed by atoms with Gasteiger partial charge in [-0.2, -0.15) is 0 Å². The summed E-state index contributed by atoms with van der Waals surface area (Å²) in [6.45, 7) is 12.0. The Kier molecular flexibility index (Phi) is 12.6. The van der Waals surface area contributed by atoms with Gasteiger partial charge in [-0.25, -0.2) is 4.79 Å². The zero-order valence-corrected chi connectivity index (χ0v) is 17.4. The minimum Gasteiger partial charge on any atom is -0.444 e. The maximum atomic E-state index is 11.8. The average molecular weight is 428 g/mol. The highest BCUT2D eigenvalue weighted by atomic mass is 127. The van der Waals surface area contributed by atoms with Gasteiger partial charge in [0, 0.05) is 33.7 Å². The van der Waals surface area contributed by atoms with Crippen LogP contribution in [0.15, 0.2) is 4.99 Å². The molecule has 0 saturated heterocycles. The molecule has 7 heteroatoms. The predicted molar refractivity (Wildman–Crippen MR) is 103 cm³/mol. The third-order valence-electron chi connectivity index (χ3n) is 2.68. The Hall–Kier alpha value is -0.730. The van der Waals surface area contributed by atoms with Crippen molar-refractivity contribution < 1.29 is 9.53 Å². The van der Waals surface area contributed by atoms with Gasteiger partial charge >= 0.3 is 6.09 Å². The zero-order chi connectivity index (χ0) is 16.5. The molecule has 0 rings (SSSR count). The molecule has 0 aromatic carbocycles. The van der Waals surface area contributed by atoms with E-state index in [0.717, 1.165) is 18.9 Å². The normalized spacial score (nSPS) is 11.7. The molecule has 0 spiro atoms. The smallest absolute Gasteiger partial charge is 0.410 e. The lowest BCUT2D eigenvalue weighted by atomic mass is 10.1. The number of rotatable bonds is 6. The van der Waals surface area contributed by atoms with Crippen molar-refractivity contribution in [2.24, 2.45) is 10.9 Å². The SMILES string of the molecule is CN=C(NCCC(C)C)NCCN(C)C(=O)OC(C)(C)C.I. The van der Waals surface area contributed by atoms with Gasteiger partial charge in [-0.05, 0) is 33.1 Å². The van der Waals surface area contributed by atoms with Crippen LogP contribution in [0, 0.1) is 5.92 Å². The summed E-state index contributed by atoms with van der Waals surface area (Å²) < 4.78 is 5.29. The number of halogens is 1. The third-order valence-corrected chi connectivity index (χ3v) is 2.68. The van der Waals surface area contributed by atoms with Gasteiger partial charge < -0.3 is 20.3 Å². The summed E-state index contributed by atoms with van der Waals surface area (Å²) in [6.07, 6.45) is 0.783. The first-order valence-electron chi connectivity index (χ1n) is 7.54. The lowest BCUT2D eigenvalue weighted by Gasteiger charge is -2.25. The molecule has 22 heavy (non-hydrogen) atoms. The van der Waals surface area contributed by atoms with Crippen LogP contribution in [0.4, 0.5) is 4.79 Å². The molecule has 0 saturated carbocycles. The fourth-order valence-corrected chi connectivity index (χ4v) is 1.47. The average Bonchev–Trinajstić information content (AvgIpc) is 2.34. The van der Waals surface area contributed by atoms with Crippen LogP contribution in [0.2, 0.25) is 0 Å². The number of hydrogen-bond acceptors (Lipinski definition) is 3. The zero-order valence-electron chi connectivity index (χ0n) is 15.0. The van der Waals surface area contributed by atoms with Crippen LogP contribution in [0.5, 0.6) is 0 Å². The molecule has 0 aliphatic carbocycles. The van der Waals surface area contributed by atoms with Crippen LogP contribution in [0.25, 0.3) is 0 Å². The van der Waals surface area contributed by atoms with Gasteiger partial charge in [-0.15, -0.1) is 24.0 Å². The van der Waals surface area contributed by atoms with Crippen molar-refractivity contribution in [3.05, 3.63) is 0 Å². The van der Waals surface area contributed by atoms with E-state index >= 15 is 0 Å². The van der Waals surface area contributed by atoms with Crippen LogP contribution >= 0.6 is 24.0 Å². The Balaban J connectivity index is 0. The third kappa shape index (κ3) is 13.0. The molecule has 6 nitrogen and oxygen atoms in total. The highest BCUT2D eigenvalue weighted by Crippen LogP contribution is 2.08. The molecular formula is C15H33IN4O2. The number of carbonyl (C=O) groups excluding carboxylic acids is 1. The lowest BCUT2D eigenvalue weighted by Crippen LogP contribution is -2.43. The maximum Gasteiger partial charge on any atom is 0.410 e. The molecule has 0 bridgehead atoms. The van der Waals surface area contributed by atoms with E-state index in [1.54, 1.807) is 19.0 Å². The van der Waals surface area contributed by atoms with E-state index in [1.807, 2.05) is 20.8 Å². The van der Waals surface area contributed by atoms with Gasteiger partial charge in [0.25, 0.3) is 0 Å². The summed E-state index contributed by atoms with van der Waals surface area (Å²) >= 11 is 0. The molecule has 0 atom stereocenters. The highest BCUT2D eigenvalue weighted by molar-refractivity contribution is 14.0. The minimum absolute atomic E-state index is 0. The summed E-state index contributed by atoms with van der Waals surface area (Å²) in [5.41, 5.74) is -0.465. The molecule has 2 N–H and O–H groups in total. The number of hydrogen-bond donors (Lipinski definition) is 2. The van der Waals surface area contributed by atoms with Gasteiger partial charge in [0.05, 0.1) is 0 Å². The molecule has 0 aliphatic heterocycles. The molecular weight excluding hydrogens is 395 g/mol. The number of ether oxygens (including phenoxy) is 1. The minimum atomic E-state index is -0.465. The number of guanidine groups is 1. The second-order valence-corrected chi connectivity index (χ2v) is 6.51. The first-order chi connectivity index (χ1) is 9.65. The first kappa shape index (κ1) is 23.5. The van der Waals surface area contributed by atoms with Gasteiger partial charge in [0.2, 0.25) is 0 Å². The summed E-state index contributed by atoms with van der Waals surface area (Å²) in [6, 6.07) is 0. The van der Waals surface area contributed by atoms with Crippen LogP contribution in [0.1, 0.15) is 41.0 Å². The van der Waals surface area contributed by atoms with Crippen LogP contribution in [0.3, 0.4) is 0 Å². The summed E-state index contributed by atoms with van der Waals surface area (Å²) in [5.74, 6) is 1.42. The fraction of sp³-hybridized carbons (Fsp3) is 0.867. The molecule has 0 heterocycles. The Bertz CT molecular complexity index is 341. The highest BCUT2D eigenvalue weighted by Gasteiger charge is 2.19. The second-order valence-electron chi connectivity index (χ2n) is 6.51. The maximum absolute atomic E-state index is 11.8. The van der Waals surface area contributed by atoms with Gasteiger partial charge in [0.15, 0.2) is 5.96 Å². The Morgan fingerprint density at radius 1 is 1.23 bits per heavy atom. The Labute approximate surface area is 152 Å². The van der Waals surface area contributed by atoms with Crippen molar-refractivity contribution in [2.75, 3.05) is 33.7 Å². The Morgan fingerprint density at radius 3 is 2.23 bits per heavy atom. The fourth-order valence-electron chi connectivity index (χ4n) is 1.47. The second kappa shape index (κ2) is 11.8. The van der Waals surface area contributed by atoms with E-state index in [2.05, 4.69) is 29.5 Å². The first-order valence-corrected chi connectivity index (χ1v) is 7.54. The molecule has 0 aromatic heterocycles. The van der Waals surface area contributed by atoms with Crippen molar-refractivity contribution in [2.45, 2.75) is 46.6 Å². The standard InChI is InChI=1S/C15H32N4O2.HI/c1-12(2)8-9-17-13(16-6)18-10-11-19(7)14(20)21-15(3,4)5;/h12H,8-11H2,1-7H3,(H2,16,17,18);1H. The number of amides is 1. The van der Waals surface area contributed by atoms with E-state index in [-0.39, 0.29) is 30.1 Å². The largest absolute Gasteiger partial charge is 0.444 e. The van der Waals surface area contributed by atoms with Crippen LogP contribution in [-0.4, -0.2) is 56.3 Å². The van der Waals surface area contributed by atoms with E-state index in [1.165, 1.54) is 0 Å².